The van der Waals surface area contributed by atoms with Crippen LogP contribution < -0.4 is 15.2 Å². The lowest BCUT2D eigenvalue weighted by atomic mass is 10.0. The maximum Gasteiger partial charge on any atom is 0.235 e. The van der Waals surface area contributed by atoms with Crippen molar-refractivity contribution in [1.29, 1.82) is 0 Å². The second kappa shape index (κ2) is 7.09. The monoisotopic (exact) mass is 328 g/mol. The first kappa shape index (κ1) is 16.0. The van der Waals surface area contributed by atoms with Crippen LogP contribution in [-0.2, 0) is 10.0 Å². The maximum atomic E-state index is 12.3. The van der Waals surface area contributed by atoms with Gasteiger partial charge in [-0.25, -0.2) is 8.42 Å². The highest BCUT2D eigenvalue weighted by atomic mass is 32.2. The molecule has 0 amide bonds. The van der Waals surface area contributed by atoms with Gasteiger partial charge in [0.2, 0.25) is 10.0 Å². The Kier molecular flexibility index (Phi) is 5.41. The molecule has 7 heteroatoms. The Hall–Kier alpha value is -1.34. The summed E-state index contributed by atoms with van der Waals surface area (Å²) in [6.07, 6.45) is 4.57. The van der Waals surface area contributed by atoms with E-state index in [1.807, 2.05) is 0 Å². The SMILES string of the molecule is NC(=S)COc1ccc(NS(=O)(=O)C2CCCCC2)cc1. The zero-order valence-corrected chi connectivity index (χ0v) is 13.4. The van der Waals surface area contributed by atoms with Gasteiger partial charge in [-0.3, -0.25) is 4.72 Å². The van der Waals surface area contributed by atoms with Crippen molar-refractivity contribution >= 4 is 32.9 Å². The van der Waals surface area contributed by atoms with Crippen LogP contribution in [0, 0.1) is 0 Å². The average Bonchev–Trinajstić information content (AvgIpc) is 2.47. The summed E-state index contributed by atoms with van der Waals surface area (Å²) in [5, 5.41) is -0.281. The molecule has 0 spiro atoms. The molecule has 0 atom stereocenters. The van der Waals surface area contributed by atoms with Crippen molar-refractivity contribution in [3.05, 3.63) is 24.3 Å². The standard InChI is InChI=1S/C14H20N2O3S2/c15-14(20)10-19-12-8-6-11(7-9-12)16-21(17,18)13-4-2-1-3-5-13/h6-9,13,16H,1-5,10H2,(H2,15,20). The molecule has 116 valence electrons. The van der Waals surface area contributed by atoms with E-state index in [2.05, 4.69) is 4.72 Å². The molecule has 2 rings (SSSR count). The summed E-state index contributed by atoms with van der Waals surface area (Å²) in [7, 11) is -3.31. The Balaban J connectivity index is 1.97. The van der Waals surface area contributed by atoms with Crippen molar-refractivity contribution in [2.45, 2.75) is 37.4 Å². The average molecular weight is 328 g/mol. The van der Waals surface area contributed by atoms with Crippen LogP contribution in [0.25, 0.3) is 0 Å². The Morgan fingerprint density at radius 2 is 1.86 bits per heavy atom. The fourth-order valence-corrected chi connectivity index (χ4v) is 4.04. The third-order valence-corrected chi connectivity index (χ3v) is 5.47. The Labute approximate surface area is 130 Å². The molecular formula is C14H20N2O3S2. The van der Waals surface area contributed by atoms with E-state index in [4.69, 9.17) is 22.7 Å². The quantitative estimate of drug-likeness (QED) is 0.784. The van der Waals surface area contributed by atoms with Gasteiger partial charge < -0.3 is 10.5 Å². The molecule has 21 heavy (non-hydrogen) atoms. The lowest BCUT2D eigenvalue weighted by Crippen LogP contribution is -2.29. The minimum absolute atomic E-state index is 0.169. The fraction of sp³-hybridized carbons (Fsp3) is 0.500. The molecule has 0 heterocycles. The van der Waals surface area contributed by atoms with E-state index in [9.17, 15) is 8.42 Å². The second-order valence-corrected chi connectivity index (χ2v) is 7.67. The summed E-state index contributed by atoms with van der Waals surface area (Å²) >= 11 is 4.73. The van der Waals surface area contributed by atoms with E-state index < -0.39 is 10.0 Å². The van der Waals surface area contributed by atoms with Crippen LogP contribution in [0.5, 0.6) is 5.75 Å². The molecule has 1 aromatic carbocycles. The molecule has 0 bridgehead atoms. The van der Waals surface area contributed by atoms with Crippen LogP contribution >= 0.6 is 12.2 Å². The molecule has 1 saturated carbocycles. The van der Waals surface area contributed by atoms with Crippen molar-refractivity contribution in [1.82, 2.24) is 0 Å². The van der Waals surface area contributed by atoms with Crippen LogP contribution in [0.3, 0.4) is 0 Å². The summed E-state index contributed by atoms with van der Waals surface area (Å²) < 4.78 is 32.5. The van der Waals surface area contributed by atoms with E-state index in [1.54, 1.807) is 24.3 Å². The van der Waals surface area contributed by atoms with Crippen molar-refractivity contribution in [2.24, 2.45) is 5.73 Å². The molecule has 0 aromatic heterocycles. The number of thiocarbonyl (C=S) groups is 1. The fourth-order valence-electron chi connectivity index (χ4n) is 2.40. The molecule has 0 aliphatic heterocycles. The summed E-state index contributed by atoms with van der Waals surface area (Å²) in [4.78, 5) is 0.275. The molecule has 1 aliphatic carbocycles. The Morgan fingerprint density at radius 3 is 2.43 bits per heavy atom. The van der Waals surface area contributed by atoms with Gasteiger partial charge in [0.05, 0.1) is 5.25 Å². The third-order valence-electron chi connectivity index (χ3n) is 3.49. The van der Waals surface area contributed by atoms with E-state index in [-0.39, 0.29) is 16.8 Å². The van der Waals surface area contributed by atoms with E-state index in [1.165, 1.54) is 0 Å². The zero-order chi connectivity index (χ0) is 15.3. The highest BCUT2D eigenvalue weighted by Gasteiger charge is 2.27. The first-order chi connectivity index (χ1) is 9.97. The molecule has 0 radical (unpaired) electrons. The number of sulfonamides is 1. The number of benzene rings is 1. The van der Waals surface area contributed by atoms with Gasteiger partial charge in [-0.15, -0.1) is 0 Å². The minimum Gasteiger partial charge on any atom is -0.487 e. The first-order valence-corrected chi connectivity index (χ1v) is 8.95. The third kappa shape index (κ3) is 4.86. The van der Waals surface area contributed by atoms with Crippen LogP contribution in [-0.4, -0.2) is 25.3 Å². The molecule has 0 unspecified atom stereocenters. The van der Waals surface area contributed by atoms with Gasteiger partial charge in [-0.2, -0.15) is 0 Å². The van der Waals surface area contributed by atoms with Gasteiger partial charge in [0.1, 0.15) is 17.3 Å². The van der Waals surface area contributed by atoms with Gasteiger partial charge in [-0.05, 0) is 37.1 Å². The second-order valence-electron chi connectivity index (χ2n) is 5.19. The minimum atomic E-state index is -3.31. The normalized spacial score (nSPS) is 16.4. The van der Waals surface area contributed by atoms with Gasteiger partial charge in [0.15, 0.2) is 0 Å². The largest absolute Gasteiger partial charge is 0.487 e. The highest BCUT2D eigenvalue weighted by molar-refractivity contribution is 7.93. The predicted octanol–water partition coefficient (Wildman–Crippen LogP) is 2.43. The van der Waals surface area contributed by atoms with Gasteiger partial charge >= 0.3 is 0 Å². The number of hydrogen-bond donors (Lipinski definition) is 2. The van der Waals surface area contributed by atoms with Gasteiger partial charge in [0.25, 0.3) is 0 Å². The van der Waals surface area contributed by atoms with E-state index in [0.29, 0.717) is 11.4 Å². The number of nitrogens with two attached hydrogens (primary N) is 1. The Morgan fingerprint density at radius 1 is 1.24 bits per heavy atom. The summed E-state index contributed by atoms with van der Waals surface area (Å²) in [6.45, 7) is 0.169. The number of anilines is 1. The topological polar surface area (TPSA) is 81.4 Å². The predicted molar refractivity (Wildman–Crippen MR) is 88.1 cm³/mol. The summed E-state index contributed by atoms with van der Waals surface area (Å²) in [5.74, 6) is 0.600. The molecule has 5 nitrogen and oxygen atoms in total. The number of hydrogen-bond acceptors (Lipinski definition) is 4. The van der Waals surface area contributed by atoms with Crippen molar-refractivity contribution < 1.29 is 13.2 Å². The first-order valence-electron chi connectivity index (χ1n) is 7.00. The lowest BCUT2D eigenvalue weighted by Gasteiger charge is -2.22. The molecule has 3 N–H and O–H groups in total. The highest BCUT2D eigenvalue weighted by Crippen LogP contribution is 2.25. The van der Waals surface area contributed by atoms with Crippen LogP contribution in [0.4, 0.5) is 5.69 Å². The maximum absolute atomic E-state index is 12.3. The van der Waals surface area contributed by atoms with Crippen LogP contribution in [0.1, 0.15) is 32.1 Å². The van der Waals surface area contributed by atoms with Crippen LogP contribution in [0.15, 0.2) is 24.3 Å². The van der Waals surface area contributed by atoms with Crippen molar-refractivity contribution in [3.8, 4) is 5.75 Å². The number of rotatable bonds is 6. The van der Waals surface area contributed by atoms with E-state index >= 15 is 0 Å². The van der Waals surface area contributed by atoms with E-state index in [0.717, 1.165) is 32.1 Å². The molecule has 1 aromatic rings. The summed E-state index contributed by atoms with van der Waals surface area (Å²) in [5.41, 5.74) is 5.90. The summed E-state index contributed by atoms with van der Waals surface area (Å²) in [6, 6.07) is 6.73. The molecular weight excluding hydrogens is 308 g/mol. The van der Waals surface area contributed by atoms with Crippen molar-refractivity contribution in [2.75, 3.05) is 11.3 Å². The molecule has 1 fully saturated rings. The zero-order valence-electron chi connectivity index (χ0n) is 11.7. The Bertz CT molecular complexity index is 579. The van der Waals surface area contributed by atoms with Gasteiger partial charge in [0, 0.05) is 5.69 Å². The molecule has 1 aliphatic rings. The number of ether oxygens (including phenoxy) is 1. The smallest absolute Gasteiger partial charge is 0.235 e. The van der Waals surface area contributed by atoms with Crippen LogP contribution in [0.2, 0.25) is 0 Å². The number of nitrogens with one attached hydrogen (secondary N) is 1. The lowest BCUT2D eigenvalue weighted by molar-refractivity contribution is 0.377. The van der Waals surface area contributed by atoms with Crippen molar-refractivity contribution in [3.63, 3.8) is 0 Å². The van der Waals surface area contributed by atoms with Gasteiger partial charge in [-0.1, -0.05) is 31.5 Å². The molecule has 0 saturated heterocycles.